The maximum Gasteiger partial charge on any atom is 0.261 e. The summed E-state index contributed by atoms with van der Waals surface area (Å²) in [6.07, 6.45) is 0.935. The second kappa shape index (κ2) is 7.66. The number of benzene rings is 1. The summed E-state index contributed by atoms with van der Waals surface area (Å²) in [6.45, 7) is 7.12. The van der Waals surface area contributed by atoms with Crippen molar-refractivity contribution in [1.82, 2.24) is 20.7 Å². The van der Waals surface area contributed by atoms with E-state index in [4.69, 9.17) is 0 Å². The molecule has 0 bridgehead atoms. The van der Waals surface area contributed by atoms with E-state index in [-0.39, 0.29) is 28.5 Å². The van der Waals surface area contributed by atoms with Gasteiger partial charge >= 0.3 is 0 Å². The number of carbonyl (C=O) groups is 1. The SMILES string of the molecule is CN(CC1CC(C(C)(C)C)NN1)C(=O)c1ccc(-c2ccccc2)[nH]c1=O. The summed E-state index contributed by atoms with van der Waals surface area (Å²) in [5.41, 5.74) is 8.14. The average Bonchev–Trinajstić information content (AvgIpc) is 3.10. The molecular formula is C21H28N4O2. The first-order valence-corrected chi connectivity index (χ1v) is 9.31. The quantitative estimate of drug-likeness (QED) is 0.774. The van der Waals surface area contributed by atoms with Gasteiger partial charge in [0.25, 0.3) is 11.5 Å². The smallest absolute Gasteiger partial charge is 0.261 e. The fourth-order valence-corrected chi connectivity index (χ4v) is 3.36. The molecule has 2 aromatic rings. The fraction of sp³-hybridized carbons (Fsp3) is 0.429. The lowest BCUT2D eigenvalue weighted by Crippen LogP contribution is -2.43. The van der Waals surface area contributed by atoms with E-state index in [1.54, 1.807) is 24.1 Å². The minimum absolute atomic E-state index is 0.148. The summed E-state index contributed by atoms with van der Waals surface area (Å²) >= 11 is 0. The molecule has 27 heavy (non-hydrogen) atoms. The lowest BCUT2D eigenvalue weighted by Gasteiger charge is -2.26. The molecule has 1 amide bonds. The summed E-state index contributed by atoms with van der Waals surface area (Å²) in [5.74, 6) is -0.267. The van der Waals surface area contributed by atoms with Gasteiger partial charge in [-0.1, -0.05) is 51.1 Å². The van der Waals surface area contributed by atoms with Crippen LogP contribution in [0, 0.1) is 5.41 Å². The molecule has 0 aliphatic carbocycles. The van der Waals surface area contributed by atoms with Crippen molar-refractivity contribution < 1.29 is 4.79 Å². The van der Waals surface area contributed by atoms with Gasteiger partial charge in [-0.15, -0.1) is 0 Å². The third-order valence-electron chi connectivity index (χ3n) is 5.09. The van der Waals surface area contributed by atoms with E-state index >= 15 is 0 Å². The molecule has 1 aliphatic rings. The molecule has 1 aromatic carbocycles. The predicted molar refractivity (Wildman–Crippen MR) is 107 cm³/mol. The van der Waals surface area contributed by atoms with E-state index in [2.05, 4.69) is 36.6 Å². The lowest BCUT2D eigenvalue weighted by molar-refractivity contribution is 0.0781. The summed E-state index contributed by atoms with van der Waals surface area (Å²) in [6, 6.07) is 13.5. The number of rotatable bonds is 4. The van der Waals surface area contributed by atoms with E-state index in [1.807, 2.05) is 30.3 Å². The number of hydrogen-bond donors (Lipinski definition) is 3. The molecule has 0 saturated carbocycles. The van der Waals surface area contributed by atoms with Crippen molar-refractivity contribution >= 4 is 5.91 Å². The normalized spacial score (nSPS) is 19.9. The lowest BCUT2D eigenvalue weighted by atomic mass is 9.84. The highest BCUT2D eigenvalue weighted by molar-refractivity contribution is 5.94. The predicted octanol–water partition coefficient (Wildman–Crippen LogP) is 2.40. The van der Waals surface area contributed by atoms with Gasteiger partial charge in [-0.2, -0.15) is 0 Å². The Hall–Kier alpha value is -2.44. The summed E-state index contributed by atoms with van der Waals surface area (Å²) in [4.78, 5) is 29.6. The standard InChI is InChI=1S/C21H28N4O2/c1-21(2,3)18-12-15(23-24-18)13-25(4)20(27)16-10-11-17(22-19(16)26)14-8-6-5-7-9-14/h5-11,15,18,23-24H,12-13H2,1-4H3,(H,22,26). The summed E-state index contributed by atoms with van der Waals surface area (Å²) in [7, 11) is 1.74. The van der Waals surface area contributed by atoms with Crippen LogP contribution in [0.25, 0.3) is 11.3 Å². The molecule has 6 heteroatoms. The number of hydrazine groups is 1. The van der Waals surface area contributed by atoms with Crippen molar-refractivity contribution in [1.29, 1.82) is 0 Å². The van der Waals surface area contributed by atoms with Gasteiger partial charge in [0.1, 0.15) is 5.56 Å². The summed E-state index contributed by atoms with van der Waals surface area (Å²) in [5, 5.41) is 0. The number of H-pyrrole nitrogens is 1. The number of nitrogens with one attached hydrogen (secondary N) is 3. The number of amides is 1. The number of pyridine rings is 1. The van der Waals surface area contributed by atoms with Crippen LogP contribution in [0.4, 0.5) is 0 Å². The fourth-order valence-electron chi connectivity index (χ4n) is 3.36. The van der Waals surface area contributed by atoms with Crippen molar-refractivity contribution in [2.45, 2.75) is 39.3 Å². The molecule has 6 nitrogen and oxygen atoms in total. The third kappa shape index (κ3) is 4.46. The molecule has 2 heterocycles. The van der Waals surface area contributed by atoms with Crippen LogP contribution in [-0.2, 0) is 0 Å². The number of likely N-dealkylation sites (N-methyl/N-ethyl adjacent to an activating group) is 1. The zero-order valence-electron chi connectivity index (χ0n) is 16.4. The first kappa shape index (κ1) is 19.3. The Bertz CT molecular complexity index is 854. The van der Waals surface area contributed by atoms with E-state index < -0.39 is 0 Å². The number of aromatic amines is 1. The number of carbonyl (C=O) groups excluding carboxylic acids is 1. The van der Waals surface area contributed by atoms with E-state index in [0.29, 0.717) is 18.3 Å². The topological polar surface area (TPSA) is 77.2 Å². The molecule has 1 aromatic heterocycles. The van der Waals surface area contributed by atoms with Crippen LogP contribution in [0.1, 0.15) is 37.6 Å². The van der Waals surface area contributed by atoms with Gasteiger partial charge in [-0.25, -0.2) is 0 Å². The largest absolute Gasteiger partial charge is 0.340 e. The highest BCUT2D eigenvalue weighted by Crippen LogP contribution is 2.25. The Kier molecular flexibility index (Phi) is 5.48. The molecule has 1 fully saturated rings. The van der Waals surface area contributed by atoms with Crippen molar-refractivity contribution in [3.63, 3.8) is 0 Å². The van der Waals surface area contributed by atoms with Gasteiger partial charge in [0, 0.05) is 31.4 Å². The molecule has 3 N–H and O–H groups in total. The Labute approximate surface area is 160 Å². The van der Waals surface area contributed by atoms with E-state index in [9.17, 15) is 9.59 Å². The van der Waals surface area contributed by atoms with Crippen LogP contribution < -0.4 is 16.4 Å². The minimum Gasteiger partial charge on any atom is -0.340 e. The van der Waals surface area contributed by atoms with Crippen LogP contribution in [0.3, 0.4) is 0 Å². The Morgan fingerprint density at radius 2 is 1.81 bits per heavy atom. The molecule has 2 atom stereocenters. The maximum atomic E-state index is 12.7. The molecule has 0 spiro atoms. The van der Waals surface area contributed by atoms with Gasteiger partial charge in [0.05, 0.1) is 0 Å². The second-order valence-corrected chi connectivity index (χ2v) is 8.31. The molecular weight excluding hydrogens is 340 g/mol. The molecule has 1 aliphatic heterocycles. The first-order chi connectivity index (χ1) is 12.8. The zero-order chi connectivity index (χ0) is 19.6. The van der Waals surface area contributed by atoms with Crippen molar-refractivity contribution in [3.05, 3.63) is 58.4 Å². The molecule has 2 unspecified atom stereocenters. The zero-order valence-corrected chi connectivity index (χ0v) is 16.4. The van der Waals surface area contributed by atoms with Crippen molar-refractivity contribution in [2.75, 3.05) is 13.6 Å². The Morgan fingerprint density at radius 3 is 2.41 bits per heavy atom. The Morgan fingerprint density at radius 1 is 1.11 bits per heavy atom. The van der Waals surface area contributed by atoms with Gasteiger partial charge in [0.2, 0.25) is 0 Å². The van der Waals surface area contributed by atoms with Gasteiger partial charge < -0.3 is 9.88 Å². The van der Waals surface area contributed by atoms with Gasteiger partial charge in [0.15, 0.2) is 0 Å². The van der Waals surface area contributed by atoms with Crippen LogP contribution in [0.2, 0.25) is 0 Å². The molecule has 1 saturated heterocycles. The minimum atomic E-state index is -0.363. The average molecular weight is 368 g/mol. The van der Waals surface area contributed by atoms with Crippen LogP contribution in [0.15, 0.2) is 47.3 Å². The first-order valence-electron chi connectivity index (χ1n) is 9.31. The van der Waals surface area contributed by atoms with Crippen molar-refractivity contribution in [2.24, 2.45) is 5.41 Å². The molecule has 144 valence electrons. The van der Waals surface area contributed by atoms with Gasteiger partial charge in [-0.05, 0) is 29.5 Å². The monoisotopic (exact) mass is 368 g/mol. The number of aromatic nitrogens is 1. The molecule has 0 radical (unpaired) electrons. The van der Waals surface area contributed by atoms with E-state index in [1.165, 1.54) is 0 Å². The second-order valence-electron chi connectivity index (χ2n) is 8.31. The van der Waals surface area contributed by atoms with Crippen LogP contribution in [-0.4, -0.2) is 41.5 Å². The summed E-state index contributed by atoms with van der Waals surface area (Å²) < 4.78 is 0. The van der Waals surface area contributed by atoms with Gasteiger partial charge in [-0.3, -0.25) is 20.4 Å². The number of nitrogens with zero attached hydrogens (tertiary/aromatic N) is 1. The van der Waals surface area contributed by atoms with E-state index in [0.717, 1.165) is 12.0 Å². The van der Waals surface area contributed by atoms with Crippen molar-refractivity contribution in [3.8, 4) is 11.3 Å². The third-order valence-corrected chi connectivity index (χ3v) is 5.09. The van der Waals surface area contributed by atoms with Crippen LogP contribution in [0.5, 0.6) is 0 Å². The Balaban J connectivity index is 1.68. The van der Waals surface area contributed by atoms with Crippen LogP contribution >= 0.6 is 0 Å². The highest BCUT2D eigenvalue weighted by atomic mass is 16.2. The molecule has 3 rings (SSSR count). The highest BCUT2D eigenvalue weighted by Gasteiger charge is 2.33. The number of hydrogen-bond acceptors (Lipinski definition) is 4. The maximum absolute atomic E-state index is 12.7.